The van der Waals surface area contributed by atoms with Gasteiger partial charge in [-0.2, -0.15) is 4.98 Å². The molecule has 2 aromatic heterocycles. The molecule has 3 aromatic rings. The molecule has 3 rings (SSSR count). The zero-order chi connectivity index (χ0) is 16.9. The number of halogens is 2. The molecule has 0 atom stereocenters. The first-order valence-electron chi connectivity index (χ1n) is 7.18. The van der Waals surface area contributed by atoms with E-state index in [2.05, 4.69) is 25.5 Å². The van der Waals surface area contributed by atoms with E-state index >= 15 is 0 Å². The van der Waals surface area contributed by atoms with Crippen molar-refractivity contribution < 1.29 is 4.79 Å². The molecule has 0 fully saturated rings. The number of anilines is 1. The van der Waals surface area contributed by atoms with Crippen LogP contribution in [0.15, 0.2) is 42.7 Å². The molecule has 0 bridgehead atoms. The predicted molar refractivity (Wildman–Crippen MR) is 93.0 cm³/mol. The van der Waals surface area contributed by atoms with Gasteiger partial charge in [0.15, 0.2) is 5.82 Å². The lowest BCUT2D eigenvalue weighted by atomic mass is 10.1. The normalized spacial score (nSPS) is 10.6. The predicted octanol–water partition coefficient (Wildman–Crippen LogP) is 3.74. The lowest BCUT2D eigenvalue weighted by Gasteiger charge is -2.03. The Kier molecular flexibility index (Phi) is 5.08. The highest BCUT2D eigenvalue weighted by molar-refractivity contribution is 6.42. The summed E-state index contributed by atoms with van der Waals surface area (Å²) in [7, 11) is 0. The van der Waals surface area contributed by atoms with Crippen LogP contribution in [0, 0.1) is 0 Å². The fraction of sp³-hybridized carbons (Fsp3) is 0.125. The largest absolute Gasteiger partial charge is 0.293 e. The van der Waals surface area contributed by atoms with E-state index in [-0.39, 0.29) is 18.3 Å². The molecule has 0 saturated heterocycles. The number of amides is 1. The second-order valence-electron chi connectivity index (χ2n) is 5.04. The van der Waals surface area contributed by atoms with E-state index in [9.17, 15) is 4.79 Å². The molecule has 1 amide bonds. The van der Waals surface area contributed by atoms with Crippen LogP contribution >= 0.6 is 23.2 Å². The monoisotopic (exact) mass is 361 g/mol. The summed E-state index contributed by atoms with van der Waals surface area (Å²) >= 11 is 11.8. The van der Waals surface area contributed by atoms with Gasteiger partial charge in [-0.3, -0.25) is 20.2 Å². The summed E-state index contributed by atoms with van der Waals surface area (Å²) in [6, 6.07) is 8.92. The maximum atomic E-state index is 12.0. The number of carbonyl (C=O) groups is 1. The van der Waals surface area contributed by atoms with Gasteiger partial charge < -0.3 is 0 Å². The zero-order valence-electron chi connectivity index (χ0n) is 12.5. The molecule has 6 nitrogen and oxygen atoms in total. The fourth-order valence-electron chi connectivity index (χ4n) is 2.10. The summed E-state index contributed by atoms with van der Waals surface area (Å²) in [6.45, 7) is 0. The second-order valence-corrected chi connectivity index (χ2v) is 5.85. The van der Waals surface area contributed by atoms with Gasteiger partial charge in [-0.1, -0.05) is 29.3 Å². The molecule has 0 radical (unpaired) electrons. The van der Waals surface area contributed by atoms with Crippen molar-refractivity contribution in [3.63, 3.8) is 0 Å². The first-order chi connectivity index (χ1) is 11.6. The summed E-state index contributed by atoms with van der Waals surface area (Å²) in [5.41, 5.74) is 1.78. The Balaban J connectivity index is 1.57. The molecule has 122 valence electrons. The van der Waals surface area contributed by atoms with Gasteiger partial charge in [0.05, 0.1) is 10.0 Å². The van der Waals surface area contributed by atoms with E-state index in [0.29, 0.717) is 22.3 Å². The van der Waals surface area contributed by atoms with E-state index in [1.165, 1.54) is 0 Å². The average molecular weight is 362 g/mol. The van der Waals surface area contributed by atoms with Gasteiger partial charge in [0.2, 0.25) is 11.9 Å². The van der Waals surface area contributed by atoms with Crippen molar-refractivity contribution >= 4 is 35.1 Å². The van der Waals surface area contributed by atoms with Crippen molar-refractivity contribution in [2.75, 3.05) is 5.32 Å². The van der Waals surface area contributed by atoms with Gasteiger partial charge >= 0.3 is 0 Å². The molecular formula is C16H13Cl2N5O. The quantitative estimate of drug-likeness (QED) is 0.724. The summed E-state index contributed by atoms with van der Waals surface area (Å²) in [4.78, 5) is 20.2. The molecule has 0 unspecified atom stereocenters. The number of hydrogen-bond donors (Lipinski definition) is 2. The van der Waals surface area contributed by atoms with Crippen LogP contribution < -0.4 is 5.32 Å². The summed E-state index contributed by atoms with van der Waals surface area (Å²) in [5.74, 6) is 0.625. The van der Waals surface area contributed by atoms with E-state index in [4.69, 9.17) is 23.2 Å². The third kappa shape index (κ3) is 4.10. The molecule has 1 aromatic carbocycles. The first-order valence-corrected chi connectivity index (χ1v) is 7.94. The van der Waals surface area contributed by atoms with Crippen molar-refractivity contribution in [2.24, 2.45) is 0 Å². The SMILES string of the molecule is O=C(CCc1ccc(Cl)c(Cl)c1)Nc1n[nH]c(-c2ccncc2)n1. The average Bonchev–Trinajstić information content (AvgIpc) is 3.05. The number of benzene rings is 1. The summed E-state index contributed by atoms with van der Waals surface area (Å²) in [5, 5.41) is 10.4. The maximum Gasteiger partial charge on any atom is 0.249 e. The Labute approximate surface area is 148 Å². The molecule has 8 heteroatoms. The van der Waals surface area contributed by atoms with Crippen molar-refractivity contribution in [3.8, 4) is 11.4 Å². The number of hydrogen-bond acceptors (Lipinski definition) is 4. The Hall–Kier alpha value is -2.44. The van der Waals surface area contributed by atoms with Crippen molar-refractivity contribution in [1.82, 2.24) is 20.2 Å². The smallest absolute Gasteiger partial charge is 0.249 e. The van der Waals surface area contributed by atoms with E-state index in [1.807, 2.05) is 6.07 Å². The van der Waals surface area contributed by atoms with Crippen LogP contribution in [0.2, 0.25) is 10.0 Å². The number of aryl methyl sites for hydroxylation is 1. The highest BCUT2D eigenvalue weighted by atomic mass is 35.5. The maximum absolute atomic E-state index is 12.0. The number of aromatic amines is 1. The number of nitrogens with zero attached hydrogens (tertiary/aromatic N) is 3. The Morgan fingerprint density at radius 1 is 1.12 bits per heavy atom. The van der Waals surface area contributed by atoms with Crippen LogP contribution in [-0.4, -0.2) is 26.1 Å². The van der Waals surface area contributed by atoms with Crippen LogP contribution in [0.4, 0.5) is 5.95 Å². The van der Waals surface area contributed by atoms with Crippen LogP contribution in [0.5, 0.6) is 0 Å². The fourth-order valence-corrected chi connectivity index (χ4v) is 2.42. The molecule has 0 saturated carbocycles. The lowest BCUT2D eigenvalue weighted by Crippen LogP contribution is -2.13. The van der Waals surface area contributed by atoms with Gasteiger partial charge in [-0.05, 0) is 36.2 Å². The highest BCUT2D eigenvalue weighted by Crippen LogP contribution is 2.23. The minimum absolute atomic E-state index is 0.179. The van der Waals surface area contributed by atoms with Gasteiger partial charge in [-0.15, -0.1) is 5.10 Å². The first kappa shape index (κ1) is 16.4. The van der Waals surface area contributed by atoms with Crippen LogP contribution in [-0.2, 0) is 11.2 Å². The number of pyridine rings is 1. The van der Waals surface area contributed by atoms with E-state index < -0.39 is 0 Å². The van der Waals surface area contributed by atoms with Gasteiger partial charge in [0.1, 0.15) is 0 Å². The number of carbonyl (C=O) groups excluding carboxylic acids is 1. The molecule has 0 aliphatic rings. The molecule has 0 aliphatic heterocycles. The Bertz CT molecular complexity index is 851. The molecule has 0 aliphatic carbocycles. The molecule has 24 heavy (non-hydrogen) atoms. The van der Waals surface area contributed by atoms with E-state index in [1.54, 1.807) is 36.7 Å². The highest BCUT2D eigenvalue weighted by Gasteiger charge is 2.09. The third-order valence-corrected chi connectivity index (χ3v) is 4.05. The minimum atomic E-state index is -0.179. The minimum Gasteiger partial charge on any atom is -0.293 e. The van der Waals surface area contributed by atoms with Crippen LogP contribution in [0.1, 0.15) is 12.0 Å². The van der Waals surface area contributed by atoms with Crippen LogP contribution in [0.25, 0.3) is 11.4 Å². The van der Waals surface area contributed by atoms with Gasteiger partial charge in [0, 0.05) is 24.4 Å². The summed E-state index contributed by atoms with van der Waals surface area (Å²) < 4.78 is 0. The summed E-state index contributed by atoms with van der Waals surface area (Å²) in [6.07, 6.45) is 4.15. The van der Waals surface area contributed by atoms with Crippen molar-refractivity contribution in [1.29, 1.82) is 0 Å². The Morgan fingerprint density at radius 3 is 2.67 bits per heavy atom. The number of nitrogens with one attached hydrogen (secondary N) is 2. The van der Waals surface area contributed by atoms with Crippen molar-refractivity contribution in [2.45, 2.75) is 12.8 Å². The molecule has 2 heterocycles. The third-order valence-electron chi connectivity index (χ3n) is 3.32. The lowest BCUT2D eigenvalue weighted by molar-refractivity contribution is -0.116. The molecule has 2 N–H and O–H groups in total. The molecule has 0 spiro atoms. The van der Waals surface area contributed by atoms with Gasteiger partial charge in [-0.25, -0.2) is 0 Å². The van der Waals surface area contributed by atoms with Crippen LogP contribution in [0.3, 0.4) is 0 Å². The van der Waals surface area contributed by atoms with E-state index in [0.717, 1.165) is 11.1 Å². The molecular weight excluding hydrogens is 349 g/mol. The number of aromatic nitrogens is 4. The van der Waals surface area contributed by atoms with Crippen molar-refractivity contribution in [3.05, 3.63) is 58.3 Å². The Morgan fingerprint density at radius 2 is 1.92 bits per heavy atom. The second kappa shape index (κ2) is 7.42. The standard InChI is InChI=1S/C16H13Cl2N5O/c17-12-3-1-10(9-13(12)18)2-4-14(24)20-16-21-15(22-23-16)11-5-7-19-8-6-11/h1,3,5-9H,2,4H2,(H2,20,21,22,23,24). The number of H-pyrrole nitrogens is 1. The zero-order valence-corrected chi connectivity index (χ0v) is 14.0. The topological polar surface area (TPSA) is 83.6 Å². The van der Waals surface area contributed by atoms with Gasteiger partial charge in [0.25, 0.3) is 0 Å². The number of rotatable bonds is 5.